The zero-order valence-corrected chi connectivity index (χ0v) is 10.8. The summed E-state index contributed by atoms with van der Waals surface area (Å²) >= 11 is 6.00. The molecule has 2 aromatic rings. The molecule has 0 bridgehead atoms. The summed E-state index contributed by atoms with van der Waals surface area (Å²) in [6.07, 6.45) is 0. The Bertz CT molecular complexity index is 557. The molecule has 0 unspecified atom stereocenters. The molecule has 0 aliphatic heterocycles. The molecule has 0 atom stereocenters. The van der Waals surface area contributed by atoms with Crippen LogP contribution in [0.2, 0.25) is 5.02 Å². The van der Waals surface area contributed by atoms with Gasteiger partial charge in [0.1, 0.15) is 5.82 Å². The maximum Gasteiger partial charge on any atom is 0.125 e. The Morgan fingerprint density at radius 3 is 2.67 bits per heavy atom. The van der Waals surface area contributed by atoms with Gasteiger partial charge in [0.15, 0.2) is 0 Å². The smallest absolute Gasteiger partial charge is 0.125 e. The SMILES string of the molecule is CN(c1cccc(F)c1)c1cc(Cl)ccc1CN. The molecule has 0 aliphatic rings. The fraction of sp³-hybridized carbons (Fsp3) is 0.143. The summed E-state index contributed by atoms with van der Waals surface area (Å²) in [6, 6.07) is 11.9. The van der Waals surface area contributed by atoms with E-state index in [1.807, 2.05) is 30.1 Å². The van der Waals surface area contributed by atoms with E-state index in [1.54, 1.807) is 12.1 Å². The molecular formula is C14H14ClFN2. The summed E-state index contributed by atoms with van der Waals surface area (Å²) in [6.45, 7) is 0.409. The minimum Gasteiger partial charge on any atom is -0.344 e. The van der Waals surface area contributed by atoms with Crippen molar-refractivity contribution in [1.82, 2.24) is 0 Å². The lowest BCUT2D eigenvalue weighted by Gasteiger charge is -2.22. The van der Waals surface area contributed by atoms with E-state index in [2.05, 4.69) is 0 Å². The van der Waals surface area contributed by atoms with Crippen molar-refractivity contribution in [1.29, 1.82) is 0 Å². The maximum atomic E-state index is 13.2. The van der Waals surface area contributed by atoms with Crippen LogP contribution >= 0.6 is 11.6 Å². The van der Waals surface area contributed by atoms with E-state index in [1.165, 1.54) is 12.1 Å². The lowest BCUT2D eigenvalue weighted by molar-refractivity contribution is 0.628. The van der Waals surface area contributed by atoms with Crippen molar-refractivity contribution in [2.45, 2.75) is 6.54 Å². The van der Waals surface area contributed by atoms with Crippen molar-refractivity contribution in [2.24, 2.45) is 5.73 Å². The second-order valence-electron chi connectivity index (χ2n) is 4.02. The first-order valence-electron chi connectivity index (χ1n) is 5.59. The third kappa shape index (κ3) is 2.63. The Hall–Kier alpha value is -1.58. The van der Waals surface area contributed by atoms with Crippen molar-refractivity contribution >= 4 is 23.0 Å². The molecule has 2 nitrogen and oxygen atoms in total. The van der Waals surface area contributed by atoms with Gasteiger partial charge in [0.05, 0.1) is 0 Å². The fourth-order valence-corrected chi connectivity index (χ4v) is 2.01. The van der Waals surface area contributed by atoms with Crippen LogP contribution in [0.15, 0.2) is 42.5 Å². The fourth-order valence-electron chi connectivity index (χ4n) is 1.85. The van der Waals surface area contributed by atoms with Crippen LogP contribution in [0, 0.1) is 5.82 Å². The van der Waals surface area contributed by atoms with E-state index in [9.17, 15) is 4.39 Å². The van der Waals surface area contributed by atoms with Crippen LogP contribution in [0.4, 0.5) is 15.8 Å². The molecule has 4 heteroatoms. The average Bonchev–Trinajstić information content (AvgIpc) is 2.38. The standard InChI is InChI=1S/C14H14ClFN2/c1-18(13-4-2-3-12(16)8-13)14-7-11(15)6-5-10(14)9-17/h2-8H,9,17H2,1H3. The molecule has 0 heterocycles. The van der Waals surface area contributed by atoms with Crippen LogP contribution in [-0.2, 0) is 6.54 Å². The molecule has 0 fully saturated rings. The number of anilines is 2. The monoisotopic (exact) mass is 264 g/mol. The van der Waals surface area contributed by atoms with Gasteiger partial charge in [0.2, 0.25) is 0 Å². The molecule has 0 aromatic heterocycles. The summed E-state index contributed by atoms with van der Waals surface area (Å²) < 4.78 is 13.2. The predicted octanol–water partition coefficient (Wildman–Crippen LogP) is 3.71. The molecular weight excluding hydrogens is 251 g/mol. The summed E-state index contributed by atoms with van der Waals surface area (Å²) in [4.78, 5) is 1.87. The predicted molar refractivity (Wildman–Crippen MR) is 73.8 cm³/mol. The van der Waals surface area contributed by atoms with Gasteiger partial charge in [0, 0.05) is 30.0 Å². The second-order valence-corrected chi connectivity index (χ2v) is 4.45. The van der Waals surface area contributed by atoms with Crippen molar-refractivity contribution in [3.63, 3.8) is 0 Å². The molecule has 2 aromatic carbocycles. The second kappa shape index (κ2) is 5.38. The molecule has 0 saturated heterocycles. The van der Waals surface area contributed by atoms with Crippen molar-refractivity contribution in [2.75, 3.05) is 11.9 Å². The summed E-state index contributed by atoms with van der Waals surface area (Å²) in [5.41, 5.74) is 8.31. The number of benzene rings is 2. The van der Waals surface area contributed by atoms with Gasteiger partial charge < -0.3 is 10.6 Å². The molecule has 2 rings (SSSR count). The first kappa shape index (κ1) is 12.9. The zero-order chi connectivity index (χ0) is 13.1. The molecule has 0 radical (unpaired) electrons. The van der Waals surface area contributed by atoms with E-state index in [-0.39, 0.29) is 5.82 Å². The normalized spacial score (nSPS) is 10.4. The Labute approximate surface area is 111 Å². The summed E-state index contributed by atoms with van der Waals surface area (Å²) in [5.74, 6) is -0.268. The van der Waals surface area contributed by atoms with Gasteiger partial charge >= 0.3 is 0 Å². The van der Waals surface area contributed by atoms with Crippen LogP contribution < -0.4 is 10.6 Å². The molecule has 18 heavy (non-hydrogen) atoms. The van der Waals surface area contributed by atoms with Crippen LogP contribution in [0.1, 0.15) is 5.56 Å². The van der Waals surface area contributed by atoms with Crippen LogP contribution in [-0.4, -0.2) is 7.05 Å². The molecule has 0 spiro atoms. The first-order chi connectivity index (χ1) is 8.61. The highest BCUT2D eigenvalue weighted by molar-refractivity contribution is 6.30. The minimum atomic E-state index is -0.268. The quantitative estimate of drug-likeness (QED) is 0.916. The number of nitrogens with zero attached hydrogens (tertiary/aromatic N) is 1. The first-order valence-corrected chi connectivity index (χ1v) is 5.97. The average molecular weight is 265 g/mol. The maximum absolute atomic E-state index is 13.2. The molecule has 0 amide bonds. The zero-order valence-electron chi connectivity index (χ0n) is 10.0. The Morgan fingerprint density at radius 1 is 1.22 bits per heavy atom. The third-order valence-corrected chi connectivity index (χ3v) is 3.06. The molecule has 2 N–H and O–H groups in total. The highest BCUT2D eigenvalue weighted by Crippen LogP contribution is 2.29. The highest BCUT2D eigenvalue weighted by Gasteiger charge is 2.09. The number of hydrogen-bond donors (Lipinski definition) is 1. The topological polar surface area (TPSA) is 29.3 Å². The molecule has 0 saturated carbocycles. The third-order valence-electron chi connectivity index (χ3n) is 2.82. The van der Waals surface area contributed by atoms with E-state index < -0.39 is 0 Å². The summed E-state index contributed by atoms with van der Waals surface area (Å²) in [5, 5.41) is 0.630. The molecule has 94 valence electrons. The van der Waals surface area contributed by atoms with E-state index in [4.69, 9.17) is 17.3 Å². The van der Waals surface area contributed by atoms with E-state index in [0.717, 1.165) is 16.9 Å². The van der Waals surface area contributed by atoms with E-state index in [0.29, 0.717) is 11.6 Å². The van der Waals surface area contributed by atoms with Gasteiger partial charge in [-0.2, -0.15) is 0 Å². The Kier molecular flexibility index (Phi) is 3.84. The van der Waals surface area contributed by atoms with Crippen molar-refractivity contribution < 1.29 is 4.39 Å². The number of nitrogens with two attached hydrogens (primary N) is 1. The van der Waals surface area contributed by atoms with Gasteiger partial charge in [-0.1, -0.05) is 23.7 Å². The Balaban J connectivity index is 2.44. The summed E-state index contributed by atoms with van der Waals surface area (Å²) in [7, 11) is 1.86. The Morgan fingerprint density at radius 2 is 2.00 bits per heavy atom. The van der Waals surface area contributed by atoms with Crippen molar-refractivity contribution in [3.05, 3.63) is 58.9 Å². The van der Waals surface area contributed by atoms with E-state index >= 15 is 0 Å². The van der Waals surface area contributed by atoms with Gasteiger partial charge in [-0.05, 0) is 35.9 Å². The number of halogens is 2. The van der Waals surface area contributed by atoms with Gasteiger partial charge in [-0.15, -0.1) is 0 Å². The van der Waals surface area contributed by atoms with Crippen LogP contribution in [0.25, 0.3) is 0 Å². The van der Waals surface area contributed by atoms with Crippen molar-refractivity contribution in [3.8, 4) is 0 Å². The van der Waals surface area contributed by atoms with Gasteiger partial charge in [0.25, 0.3) is 0 Å². The van der Waals surface area contributed by atoms with Gasteiger partial charge in [-0.25, -0.2) is 4.39 Å². The molecule has 0 aliphatic carbocycles. The number of hydrogen-bond acceptors (Lipinski definition) is 2. The highest BCUT2D eigenvalue weighted by atomic mass is 35.5. The lowest BCUT2D eigenvalue weighted by Crippen LogP contribution is -2.13. The van der Waals surface area contributed by atoms with Crippen LogP contribution in [0.3, 0.4) is 0 Å². The lowest BCUT2D eigenvalue weighted by atomic mass is 10.1. The minimum absolute atomic E-state index is 0.268. The van der Waals surface area contributed by atoms with Crippen LogP contribution in [0.5, 0.6) is 0 Å². The number of rotatable bonds is 3. The van der Waals surface area contributed by atoms with Gasteiger partial charge in [-0.3, -0.25) is 0 Å². The largest absolute Gasteiger partial charge is 0.344 e.